The summed E-state index contributed by atoms with van der Waals surface area (Å²) in [5, 5.41) is 15.9. The molecule has 1 amide bonds. The molecule has 1 aromatic heterocycles. The van der Waals surface area contributed by atoms with Gasteiger partial charge < -0.3 is 25.3 Å². The van der Waals surface area contributed by atoms with Crippen LogP contribution in [0.2, 0.25) is 0 Å². The minimum atomic E-state index is 0.118. The number of nitrogens with one attached hydrogen (secondary N) is 2. The summed E-state index contributed by atoms with van der Waals surface area (Å²) >= 11 is 0. The van der Waals surface area contributed by atoms with E-state index in [1.165, 1.54) is 28.7 Å². The molecule has 8 heteroatoms. The van der Waals surface area contributed by atoms with Crippen LogP contribution >= 0.6 is 0 Å². The number of hydrogen-bond acceptors (Lipinski definition) is 6. The first-order valence-corrected chi connectivity index (χ1v) is 11.8. The van der Waals surface area contributed by atoms with E-state index >= 15 is 0 Å². The number of benzene rings is 1. The number of aromatic nitrogens is 2. The number of hydrogen-bond donors (Lipinski definition) is 2. The van der Waals surface area contributed by atoms with Gasteiger partial charge >= 0.3 is 0 Å². The Morgan fingerprint density at radius 3 is 2.79 bits per heavy atom. The maximum atomic E-state index is 12.2. The maximum Gasteiger partial charge on any atom is 0.219 e. The molecule has 2 N–H and O–H groups in total. The zero-order valence-electron chi connectivity index (χ0n) is 19.4. The van der Waals surface area contributed by atoms with Crippen molar-refractivity contribution in [1.29, 1.82) is 5.41 Å². The van der Waals surface area contributed by atoms with Crippen LogP contribution in [0, 0.1) is 5.41 Å². The Bertz CT molecular complexity index is 1100. The quantitative estimate of drug-likeness (QED) is 0.687. The smallest absolute Gasteiger partial charge is 0.219 e. The predicted molar refractivity (Wildman–Crippen MR) is 129 cm³/mol. The molecule has 1 fully saturated rings. The van der Waals surface area contributed by atoms with Crippen molar-refractivity contribution in [2.45, 2.75) is 45.2 Å². The van der Waals surface area contributed by atoms with Crippen molar-refractivity contribution in [1.82, 2.24) is 20.0 Å². The Kier molecular flexibility index (Phi) is 5.93. The second-order valence-corrected chi connectivity index (χ2v) is 9.01. The van der Waals surface area contributed by atoms with Gasteiger partial charge in [0.25, 0.3) is 0 Å². The Morgan fingerprint density at radius 1 is 1.24 bits per heavy atom. The standard InChI is InChI=1S/C25H32N6O2/c1-17(32)29-9-6-24-22(16-29)25(28-31(24)21-7-11-33-12-8-21)30-10-5-19-13-18(3-4-23(19)30)20(14-26)15-27-2/h3-4,13-15,21,26-27H,5-12,16H2,1-2H3/b20-15+,26-14?. The van der Waals surface area contributed by atoms with Gasteiger partial charge in [0.15, 0.2) is 5.82 Å². The first kappa shape index (κ1) is 21.7. The largest absolute Gasteiger partial charge is 0.393 e. The molecule has 0 radical (unpaired) electrons. The molecule has 174 valence electrons. The van der Waals surface area contributed by atoms with Gasteiger partial charge in [-0.1, -0.05) is 6.07 Å². The van der Waals surface area contributed by atoms with Crippen molar-refractivity contribution in [3.63, 3.8) is 0 Å². The third-order valence-electron chi connectivity index (χ3n) is 7.07. The van der Waals surface area contributed by atoms with E-state index in [4.69, 9.17) is 15.2 Å². The molecule has 4 heterocycles. The summed E-state index contributed by atoms with van der Waals surface area (Å²) in [6.45, 7) is 5.44. The molecule has 0 spiro atoms. The van der Waals surface area contributed by atoms with Gasteiger partial charge in [0.1, 0.15) is 0 Å². The Morgan fingerprint density at radius 2 is 2.06 bits per heavy atom. The van der Waals surface area contributed by atoms with Gasteiger partial charge in [-0.25, -0.2) is 0 Å². The van der Waals surface area contributed by atoms with E-state index in [0.29, 0.717) is 12.6 Å². The summed E-state index contributed by atoms with van der Waals surface area (Å²) in [5.74, 6) is 1.11. The van der Waals surface area contributed by atoms with E-state index in [1.807, 2.05) is 18.1 Å². The predicted octanol–water partition coefficient (Wildman–Crippen LogP) is 3.04. The van der Waals surface area contributed by atoms with Crippen LogP contribution in [-0.4, -0.2) is 60.2 Å². The second-order valence-electron chi connectivity index (χ2n) is 9.01. The fraction of sp³-hybridized carbons (Fsp3) is 0.480. The van der Waals surface area contributed by atoms with Crippen molar-refractivity contribution in [3.05, 3.63) is 46.8 Å². The van der Waals surface area contributed by atoms with Crippen LogP contribution in [0.15, 0.2) is 24.4 Å². The van der Waals surface area contributed by atoms with Gasteiger partial charge in [-0.2, -0.15) is 5.10 Å². The highest BCUT2D eigenvalue weighted by molar-refractivity contribution is 6.08. The number of anilines is 2. The van der Waals surface area contributed by atoms with Crippen LogP contribution in [0.1, 0.15) is 48.2 Å². The molecule has 5 rings (SSSR count). The normalized spacial score (nSPS) is 18.8. The number of rotatable bonds is 5. The summed E-state index contributed by atoms with van der Waals surface area (Å²) in [5.41, 5.74) is 6.81. The molecule has 3 aliphatic rings. The van der Waals surface area contributed by atoms with Gasteiger partial charge in [-0.3, -0.25) is 9.48 Å². The summed E-state index contributed by atoms with van der Waals surface area (Å²) in [6, 6.07) is 6.77. The van der Waals surface area contributed by atoms with Gasteiger partial charge in [0.05, 0.1) is 12.6 Å². The second kappa shape index (κ2) is 9.02. The lowest BCUT2D eigenvalue weighted by atomic mass is 10.0. The lowest BCUT2D eigenvalue weighted by Gasteiger charge is -2.29. The van der Waals surface area contributed by atoms with Gasteiger partial charge in [-0.05, 0) is 42.5 Å². The zero-order valence-corrected chi connectivity index (χ0v) is 19.4. The van der Waals surface area contributed by atoms with Crippen LogP contribution in [0.25, 0.3) is 5.57 Å². The number of fused-ring (bicyclic) bond motifs is 2. The molecule has 0 unspecified atom stereocenters. The maximum absolute atomic E-state index is 12.2. The molecular weight excluding hydrogens is 416 g/mol. The Hall–Kier alpha value is -3.13. The average Bonchev–Trinajstić information content (AvgIpc) is 3.43. The lowest BCUT2D eigenvalue weighted by Crippen LogP contribution is -2.35. The number of allylic oxidation sites excluding steroid dienone is 1. The highest BCUT2D eigenvalue weighted by atomic mass is 16.5. The molecule has 8 nitrogen and oxygen atoms in total. The lowest BCUT2D eigenvalue weighted by molar-refractivity contribution is -0.129. The van der Waals surface area contributed by atoms with E-state index in [1.54, 1.807) is 6.92 Å². The van der Waals surface area contributed by atoms with Crippen molar-refractivity contribution in [2.75, 3.05) is 38.3 Å². The van der Waals surface area contributed by atoms with Crippen LogP contribution in [0.5, 0.6) is 0 Å². The van der Waals surface area contributed by atoms with Crippen LogP contribution in [0.4, 0.5) is 11.5 Å². The summed E-state index contributed by atoms with van der Waals surface area (Å²) < 4.78 is 7.84. The molecule has 33 heavy (non-hydrogen) atoms. The van der Waals surface area contributed by atoms with E-state index in [2.05, 4.69) is 33.1 Å². The van der Waals surface area contributed by atoms with E-state index < -0.39 is 0 Å². The molecule has 1 aromatic carbocycles. The average molecular weight is 449 g/mol. The van der Waals surface area contributed by atoms with Crippen LogP contribution in [-0.2, 0) is 28.9 Å². The highest BCUT2D eigenvalue weighted by Gasteiger charge is 2.33. The molecule has 0 aliphatic carbocycles. The van der Waals surface area contributed by atoms with Crippen molar-refractivity contribution < 1.29 is 9.53 Å². The molecule has 0 atom stereocenters. The summed E-state index contributed by atoms with van der Waals surface area (Å²) in [7, 11) is 1.85. The van der Waals surface area contributed by atoms with E-state index in [0.717, 1.165) is 68.9 Å². The molecule has 0 bridgehead atoms. The molecule has 2 aromatic rings. The SMILES string of the molecule is CN/C=C(\C=N)c1ccc2c(c1)CCN2c1nn(C2CCOCC2)c2c1CN(C(C)=O)CC2. The van der Waals surface area contributed by atoms with Gasteiger partial charge in [-0.15, -0.1) is 0 Å². The van der Waals surface area contributed by atoms with E-state index in [9.17, 15) is 4.79 Å². The van der Waals surface area contributed by atoms with Crippen molar-refractivity contribution >= 4 is 29.2 Å². The third-order valence-corrected chi connectivity index (χ3v) is 7.07. The number of carbonyl (C=O) groups is 1. The van der Waals surface area contributed by atoms with Gasteiger partial charge in [0.2, 0.25) is 5.91 Å². The minimum Gasteiger partial charge on any atom is -0.393 e. The van der Waals surface area contributed by atoms with E-state index in [-0.39, 0.29) is 5.91 Å². The zero-order chi connectivity index (χ0) is 22.9. The molecule has 3 aliphatic heterocycles. The minimum absolute atomic E-state index is 0.118. The molecular formula is C25H32N6O2. The highest BCUT2D eigenvalue weighted by Crippen LogP contribution is 2.40. The summed E-state index contributed by atoms with van der Waals surface area (Å²) in [4.78, 5) is 16.4. The third kappa shape index (κ3) is 3.93. The Balaban J connectivity index is 1.54. The van der Waals surface area contributed by atoms with Crippen molar-refractivity contribution in [3.8, 4) is 0 Å². The monoisotopic (exact) mass is 448 g/mol. The number of nitrogens with zero attached hydrogens (tertiary/aromatic N) is 4. The number of ether oxygens (including phenoxy) is 1. The van der Waals surface area contributed by atoms with Crippen molar-refractivity contribution in [2.24, 2.45) is 0 Å². The molecule has 0 saturated carbocycles. The topological polar surface area (TPSA) is 86.5 Å². The number of carbonyl (C=O) groups excluding carboxylic acids is 1. The van der Waals surface area contributed by atoms with Crippen LogP contribution in [0.3, 0.4) is 0 Å². The van der Waals surface area contributed by atoms with Crippen LogP contribution < -0.4 is 10.2 Å². The number of amides is 1. The van der Waals surface area contributed by atoms with Gasteiger partial charge in [0, 0.05) is 81.6 Å². The Labute approximate surface area is 194 Å². The summed E-state index contributed by atoms with van der Waals surface area (Å²) in [6.07, 6.45) is 6.97. The fourth-order valence-corrected chi connectivity index (χ4v) is 5.31. The first-order valence-electron chi connectivity index (χ1n) is 11.8. The fourth-order valence-electron chi connectivity index (χ4n) is 5.31. The first-order chi connectivity index (χ1) is 16.1. The molecule has 1 saturated heterocycles.